The Morgan fingerprint density at radius 2 is 2.18 bits per heavy atom. The first-order chi connectivity index (χ1) is 10.7. The molecule has 22 heavy (non-hydrogen) atoms. The normalized spacial score (nSPS) is 19.0. The van der Waals surface area contributed by atoms with Crippen molar-refractivity contribution in [2.75, 3.05) is 18.8 Å². The molecule has 1 aliphatic heterocycles. The predicted molar refractivity (Wildman–Crippen MR) is 86.1 cm³/mol. The molecule has 0 aliphatic carbocycles. The molecule has 1 amide bonds. The van der Waals surface area contributed by atoms with Crippen LogP contribution in [0.5, 0.6) is 0 Å². The van der Waals surface area contributed by atoms with Gasteiger partial charge in [0.1, 0.15) is 11.3 Å². The van der Waals surface area contributed by atoms with E-state index in [2.05, 4.69) is 0 Å². The molecule has 3 heterocycles. The number of thioether (sulfide) groups is 1. The Morgan fingerprint density at radius 1 is 1.32 bits per heavy atom. The summed E-state index contributed by atoms with van der Waals surface area (Å²) in [6.45, 7) is 1.29. The topological polar surface area (TPSA) is 55.5 Å². The lowest BCUT2D eigenvalue weighted by Gasteiger charge is -2.20. The van der Waals surface area contributed by atoms with Crippen LogP contribution in [-0.4, -0.2) is 34.2 Å². The quantitative estimate of drug-likeness (QED) is 0.852. The molecule has 2 aromatic heterocycles. The molecule has 3 rings (SSSR count). The smallest absolute Gasteiger partial charge is 0.263 e. The van der Waals surface area contributed by atoms with Crippen molar-refractivity contribution in [3.63, 3.8) is 0 Å². The maximum atomic E-state index is 12.6. The van der Waals surface area contributed by atoms with Gasteiger partial charge in [0.15, 0.2) is 0 Å². The molecule has 0 N–H and O–H groups in total. The monoisotopic (exact) mass is 318 g/mol. The van der Waals surface area contributed by atoms with Crippen molar-refractivity contribution in [1.82, 2.24) is 9.47 Å². The third kappa shape index (κ3) is 2.97. The Bertz CT molecular complexity index is 708. The van der Waals surface area contributed by atoms with Gasteiger partial charge < -0.3 is 13.9 Å². The number of hydrogen-bond donors (Lipinski definition) is 0. The molecule has 2 aromatic rings. The van der Waals surface area contributed by atoms with Crippen LogP contribution in [0, 0.1) is 0 Å². The van der Waals surface area contributed by atoms with Gasteiger partial charge in [0.05, 0.1) is 11.5 Å². The Hall–Kier alpha value is -1.95. The molecule has 0 bridgehead atoms. The van der Waals surface area contributed by atoms with Crippen molar-refractivity contribution in [3.8, 4) is 0 Å². The number of furan rings is 1. The molecular weight excluding hydrogens is 300 g/mol. The van der Waals surface area contributed by atoms with Crippen LogP contribution in [0.15, 0.2) is 45.9 Å². The van der Waals surface area contributed by atoms with Gasteiger partial charge in [-0.3, -0.25) is 9.59 Å². The molecule has 0 saturated carbocycles. The number of carbonyl (C=O) groups excluding carboxylic acids is 1. The highest BCUT2D eigenvalue weighted by Gasteiger charge is 2.25. The van der Waals surface area contributed by atoms with Crippen LogP contribution in [0.1, 0.15) is 27.8 Å². The van der Waals surface area contributed by atoms with Gasteiger partial charge in [0, 0.05) is 32.1 Å². The molecule has 116 valence electrons. The molecule has 6 heteroatoms. The highest BCUT2D eigenvalue weighted by molar-refractivity contribution is 7.99. The van der Waals surface area contributed by atoms with E-state index in [-0.39, 0.29) is 22.3 Å². The number of pyridine rings is 1. The molecule has 1 fully saturated rings. The number of rotatable bonds is 2. The lowest BCUT2D eigenvalue weighted by atomic mass is 10.2. The first-order valence-electron chi connectivity index (χ1n) is 7.27. The summed E-state index contributed by atoms with van der Waals surface area (Å²) in [5.74, 6) is 1.61. The Balaban J connectivity index is 1.74. The van der Waals surface area contributed by atoms with Crippen molar-refractivity contribution in [3.05, 3.63) is 58.4 Å². The van der Waals surface area contributed by atoms with Crippen molar-refractivity contribution in [1.29, 1.82) is 0 Å². The van der Waals surface area contributed by atoms with Crippen molar-refractivity contribution < 1.29 is 9.21 Å². The lowest BCUT2D eigenvalue weighted by molar-refractivity contribution is 0.0763. The summed E-state index contributed by atoms with van der Waals surface area (Å²) in [4.78, 5) is 26.5. The van der Waals surface area contributed by atoms with Gasteiger partial charge in [-0.05, 0) is 30.7 Å². The Labute approximate surface area is 132 Å². The molecule has 1 atom stereocenters. The minimum Gasteiger partial charge on any atom is -0.468 e. The Morgan fingerprint density at radius 3 is 2.95 bits per heavy atom. The van der Waals surface area contributed by atoms with Crippen molar-refractivity contribution in [2.45, 2.75) is 11.7 Å². The van der Waals surface area contributed by atoms with Crippen LogP contribution in [-0.2, 0) is 7.05 Å². The summed E-state index contributed by atoms with van der Waals surface area (Å²) in [7, 11) is 1.66. The average molecular weight is 318 g/mol. The summed E-state index contributed by atoms with van der Waals surface area (Å²) in [5.41, 5.74) is -0.00145. The van der Waals surface area contributed by atoms with E-state index in [0.29, 0.717) is 13.1 Å². The molecule has 0 spiro atoms. The van der Waals surface area contributed by atoms with Gasteiger partial charge >= 0.3 is 0 Å². The largest absolute Gasteiger partial charge is 0.468 e. The predicted octanol–water partition coefficient (Wildman–Crippen LogP) is 2.30. The third-order valence-electron chi connectivity index (χ3n) is 3.84. The van der Waals surface area contributed by atoms with E-state index in [1.165, 1.54) is 4.57 Å². The second-order valence-electron chi connectivity index (χ2n) is 5.29. The van der Waals surface area contributed by atoms with Gasteiger partial charge in [-0.15, -0.1) is 11.8 Å². The summed E-state index contributed by atoms with van der Waals surface area (Å²) in [6, 6.07) is 7.19. The van der Waals surface area contributed by atoms with E-state index in [1.807, 2.05) is 12.1 Å². The molecule has 0 aromatic carbocycles. The fraction of sp³-hybridized carbons (Fsp3) is 0.375. The summed E-state index contributed by atoms with van der Waals surface area (Å²) >= 11 is 1.79. The van der Waals surface area contributed by atoms with E-state index in [9.17, 15) is 9.59 Å². The maximum Gasteiger partial charge on any atom is 0.263 e. The van der Waals surface area contributed by atoms with Gasteiger partial charge in [-0.2, -0.15) is 0 Å². The molecule has 1 aliphatic rings. The number of aromatic nitrogens is 1. The molecular formula is C16H18N2O3S. The first kappa shape index (κ1) is 15.0. The summed E-state index contributed by atoms with van der Waals surface area (Å²) in [5, 5.41) is 0.270. The second-order valence-corrected chi connectivity index (χ2v) is 6.60. The maximum absolute atomic E-state index is 12.6. The number of carbonyl (C=O) groups is 1. The zero-order chi connectivity index (χ0) is 15.5. The Kier molecular flexibility index (Phi) is 4.38. The SMILES string of the molecule is Cn1cccc(C(=O)N2CCS[C@@H](c3ccco3)CC2)c1=O. The highest BCUT2D eigenvalue weighted by atomic mass is 32.2. The minimum absolute atomic E-state index is 0.179. The number of amides is 1. The van der Waals surface area contributed by atoms with Gasteiger partial charge in [-0.1, -0.05) is 0 Å². The van der Waals surface area contributed by atoms with Gasteiger partial charge in [0.25, 0.3) is 11.5 Å². The summed E-state index contributed by atoms with van der Waals surface area (Å²) < 4.78 is 6.90. The van der Waals surface area contributed by atoms with Crippen LogP contribution in [0.4, 0.5) is 0 Å². The molecule has 5 nitrogen and oxygen atoms in total. The molecule has 0 radical (unpaired) electrons. The number of aryl methyl sites for hydroxylation is 1. The van der Waals surface area contributed by atoms with E-state index < -0.39 is 0 Å². The first-order valence-corrected chi connectivity index (χ1v) is 8.31. The van der Waals surface area contributed by atoms with Crippen LogP contribution >= 0.6 is 11.8 Å². The fourth-order valence-electron chi connectivity index (χ4n) is 2.61. The molecule has 0 unspecified atom stereocenters. The highest BCUT2D eigenvalue weighted by Crippen LogP contribution is 2.34. The van der Waals surface area contributed by atoms with Crippen LogP contribution in [0.25, 0.3) is 0 Å². The zero-order valence-electron chi connectivity index (χ0n) is 12.4. The van der Waals surface area contributed by atoms with E-state index in [0.717, 1.165) is 17.9 Å². The van der Waals surface area contributed by atoms with Gasteiger partial charge in [0.2, 0.25) is 0 Å². The standard InChI is InChI=1S/C16H18N2O3S/c1-17-7-2-4-12(15(17)19)16(20)18-8-6-14(22-11-9-18)13-5-3-10-21-13/h2-5,7,10,14H,6,8-9,11H2,1H3/t14-/m1/s1. The molecule has 1 saturated heterocycles. The average Bonchev–Trinajstić information content (AvgIpc) is 2.94. The van der Waals surface area contributed by atoms with E-state index >= 15 is 0 Å². The third-order valence-corrected chi connectivity index (χ3v) is 5.13. The number of hydrogen-bond acceptors (Lipinski definition) is 4. The van der Waals surface area contributed by atoms with E-state index in [1.54, 1.807) is 48.3 Å². The van der Waals surface area contributed by atoms with Crippen molar-refractivity contribution in [2.24, 2.45) is 7.05 Å². The summed E-state index contributed by atoms with van der Waals surface area (Å²) in [6.07, 6.45) is 4.17. The van der Waals surface area contributed by atoms with Crippen molar-refractivity contribution >= 4 is 17.7 Å². The van der Waals surface area contributed by atoms with Crippen LogP contribution in [0.2, 0.25) is 0 Å². The van der Waals surface area contributed by atoms with Crippen LogP contribution in [0.3, 0.4) is 0 Å². The lowest BCUT2D eigenvalue weighted by Crippen LogP contribution is -2.37. The van der Waals surface area contributed by atoms with E-state index in [4.69, 9.17) is 4.42 Å². The number of nitrogens with zero attached hydrogens (tertiary/aromatic N) is 2. The zero-order valence-corrected chi connectivity index (χ0v) is 13.2. The fourth-order valence-corrected chi connectivity index (χ4v) is 3.79. The van der Waals surface area contributed by atoms with Gasteiger partial charge in [-0.25, -0.2) is 0 Å². The second kappa shape index (κ2) is 6.44. The van der Waals surface area contributed by atoms with Crippen LogP contribution < -0.4 is 5.56 Å². The minimum atomic E-state index is -0.244.